The van der Waals surface area contributed by atoms with Gasteiger partial charge in [0, 0.05) is 29.9 Å². The summed E-state index contributed by atoms with van der Waals surface area (Å²) >= 11 is 0. The number of anilines is 1. The van der Waals surface area contributed by atoms with Crippen molar-refractivity contribution in [2.24, 2.45) is 0 Å². The quantitative estimate of drug-likeness (QED) is 0.765. The van der Waals surface area contributed by atoms with Crippen LogP contribution in [-0.2, 0) is 0 Å². The third kappa shape index (κ3) is 3.43. The molecule has 0 amide bonds. The monoisotopic (exact) mass is 353 g/mol. The number of carbonyl (C=O) groups excluding carboxylic acids is 1. The molecule has 0 spiro atoms. The predicted octanol–water partition coefficient (Wildman–Crippen LogP) is 4.09. The van der Waals surface area contributed by atoms with E-state index in [2.05, 4.69) is 11.8 Å². The Labute approximate surface area is 152 Å². The number of hydrogen-bond acceptors (Lipinski definition) is 4. The Balaban J connectivity index is 1.92. The number of hydrogen-bond donors (Lipinski definition) is 2. The second-order valence-electron chi connectivity index (χ2n) is 6.61. The number of carboxylic acids is 1. The van der Waals surface area contributed by atoms with E-state index in [9.17, 15) is 19.8 Å². The lowest BCUT2D eigenvalue weighted by molar-refractivity contribution is 0.0692. The molecular weight excluding hydrogens is 330 g/mol. The topological polar surface area (TPSA) is 77.8 Å². The van der Waals surface area contributed by atoms with Gasteiger partial charge >= 0.3 is 5.97 Å². The highest BCUT2D eigenvalue weighted by molar-refractivity contribution is 6.15. The Morgan fingerprint density at radius 3 is 2.27 bits per heavy atom. The van der Waals surface area contributed by atoms with Gasteiger partial charge in [-0.25, -0.2) is 4.79 Å². The van der Waals surface area contributed by atoms with E-state index in [1.54, 1.807) is 24.3 Å². The molecule has 0 unspecified atom stereocenters. The number of phenols is 1. The van der Waals surface area contributed by atoms with Crippen molar-refractivity contribution in [1.29, 1.82) is 0 Å². The zero-order valence-electron chi connectivity index (χ0n) is 14.8. The smallest absolute Gasteiger partial charge is 0.336 e. The summed E-state index contributed by atoms with van der Waals surface area (Å²) in [4.78, 5) is 26.4. The highest BCUT2D eigenvalue weighted by Gasteiger charge is 2.24. The number of carboxylic acid groups (broad SMARTS) is 1. The molecule has 5 heteroatoms. The second kappa shape index (κ2) is 7.60. The molecule has 2 aromatic carbocycles. The molecule has 2 aromatic rings. The standard InChI is InChI=1S/C21H23NO4/c1-2-22(14-7-3-4-8-14)15-11-12-18(19(23)13-15)20(24)16-9-5-6-10-17(16)21(25)26/h5-6,9-14,23H,2-4,7-8H2,1H3,(H,25,26). The number of nitrogens with zero attached hydrogens (tertiary/aromatic N) is 1. The Morgan fingerprint density at radius 2 is 1.69 bits per heavy atom. The third-order valence-electron chi connectivity index (χ3n) is 5.07. The summed E-state index contributed by atoms with van der Waals surface area (Å²) < 4.78 is 0. The maximum Gasteiger partial charge on any atom is 0.336 e. The average Bonchev–Trinajstić information content (AvgIpc) is 3.16. The molecule has 0 radical (unpaired) electrons. The largest absolute Gasteiger partial charge is 0.507 e. The molecular formula is C21H23NO4. The molecule has 1 saturated carbocycles. The van der Waals surface area contributed by atoms with Crippen LogP contribution in [0.5, 0.6) is 5.75 Å². The molecule has 0 bridgehead atoms. The van der Waals surface area contributed by atoms with E-state index in [1.807, 2.05) is 6.07 Å². The highest BCUT2D eigenvalue weighted by atomic mass is 16.4. The molecule has 0 aliphatic heterocycles. The van der Waals surface area contributed by atoms with Crippen LogP contribution < -0.4 is 4.90 Å². The van der Waals surface area contributed by atoms with Gasteiger partial charge in [0.25, 0.3) is 0 Å². The van der Waals surface area contributed by atoms with Gasteiger partial charge in [0.15, 0.2) is 5.78 Å². The first-order chi connectivity index (χ1) is 12.5. The molecule has 26 heavy (non-hydrogen) atoms. The van der Waals surface area contributed by atoms with Crippen LogP contribution >= 0.6 is 0 Å². The highest BCUT2D eigenvalue weighted by Crippen LogP contribution is 2.32. The van der Waals surface area contributed by atoms with Gasteiger partial charge in [-0.1, -0.05) is 31.0 Å². The number of carbonyl (C=O) groups is 2. The first-order valence-corrected chi connectivity index (χ1v) is 8.99. The fourth-order valence-electron chi connectivity index (χ4n) is 3.77. The van der Waals surface area contributed by atoms with Crippen molar-refractivity contribution in [2.75, 3.05) is 11.4 Å². The zero-order valence-corrected chi connectivity index (χ0v) is 14.8. The summed E-state index contributed by atoms with van der Waals surface area (Å²) in [6, 6.07) is 11.5. The number of phenolic OH excluding ortho intramolecular Hbond substituents is 1. The molecule has 0 saturated heterocycles. The van der Waals surface area contributed by atoms with E-state index in [0.29, 0.717) is 6.04 Å². The maximum absolute atomic E-state index is 12.8. The van der Waals surface area contributed by atoms with Crippen LogP contribution in [0.4, 0.5) is 5.69 Å². The molecule has 136 valence electrons. The molecule has 5 nitrogen and oxygen atoms in total. The van der Waals surface area contributed by atoms with Crippen LogP contribution in [0, 0.1) is 0 Å². The summed E-state index contributed by atoms with van der Waals surface area (Å²) in [7, 11) is 0. The maximum atomic E-state index is 12.8. The molecule has 1 aliphatic rings. The molecule has 0 aromatic heterocycles. The SMILES string of the molecule is CCN(c1ccc(C(=O)c2ccccc2C(=O)O)c(O)c1)C1CCCC1. The van der Waals surface area contributed by atoms with Crippen molar-refractivity contribution < 1.29 is 19.8 Å². The van der Waals surface area contributed by atoms with Gasteiger partial charge in [-0.15, -0.1) is 0 Å². The van der Waals surface area contributed by atoms with Crippen molar-refractivity contribution >= 4 is 17.4 Å². The number of rotatable bonds is 6. The van der Waals surface area contributed by atoms with E-state index in [4.69, 9.17) is 0 Å². The Morgan fingerprint density at radius 1 is 1.04 bits per heavy atom. The molecule has 0 atom stereocenters. The van der Waals surface area contributed by atoms with E-state index >= 15 is 0 Å². The summed E-state index contributed by atoms with van der Waals surface area (Å²) in [6.45, 7) is 2.91. The van der Waals surface area contributed by atoms with Crippen LogP contribution in [-0.4, -0.2) is 34.6 Å². The van der Waals surface area contributed by atoms with Gasteiger partial charge in [0.1, 0.15) is 5.75 Å². The molecule has 0 heterocycles. The summed E-state index contributed by atoms with van der Waals surface area (Å²) in [6.07, 6.45) is 4.72. The second-order valence-corrected chi connectivity index (χ2v) is 6.61. The van der Waals surface area contributed by atoms with Gasteiger partial charge in [0.05, 0.1) is 11.1 Å². The van der Waals surface area contributed by atoms with Crippen LogP contribution in [0.3, 0.4) is 0 Å². The fourth-order valence-corrected chi connectivity index (χ4v) is 3.77. The zero-order chi connectivity index (χ0) is 18.7. The minimum Gasteiger partial charge on any atom is -0.507 e. The van der Waals surface area contributed by atoms with Crippen LogP contribution in [0.25, 0.3) is 0 Å². The van der Waals surface area contributed by atoms with Gasteiger partial charge < -0.3 is 15.1 Å². The Hall–Kier alpha value is -2.82. The summed E-state index contributed by atoms with van der Waals surface area (Å²) in [5, 5.41) is 19.7. The minimum atomic E-state index is -1.16. The number of ketones is 1. The fraction of sp³-hybridized carbons (Fsp3) is 0.333. The van der Waals surface area contributed by atoms with Crippen molar-refractivity contribution in [3.8, 4) is 5.75 Å². The first-order valence-electron chi connectivity index (χ1n) is 8.99. The van der Waals surface area contributed by atoms with E-state index in [-0.39, 0.29) is 22.4 Å². The molecule has 2 N–H and O–H groups in total. The third-order valence-corrected chi connectivity index (χ3v) is 5.07. The Kier molecular flexibility index (Phi) is 5.26. The lowest BCUT2D eigenvalue weighted by atomic mass is 9.97. The van der Waals surface area contributed by atoms with Gasteiger partial charge in [-0.2, -0.15) is 0 Å². The Bertz CT molecular complexity index is 825. The molecule has 3 rings (SSSR count). The van der Waals surface area contributed by atoms with Crippen molar-refractivity contribution in [2.45, 2.75) is 38.6 Å². The van der Waals surface area contributed by atoms with Gasteiger partial charge in [-0.3, -0.25) is 4.79 Å². The summed E-state index contributed by atoms with van der Waals surface area (Å²) in [5.41, 5.74) is 1.01. The van der Waals surface area contributed by atoms with E-state index in [0.717, 1.165) is 25.1 Å². The van der Waals surface area contributed by atoms with E-state index in [1.165, 1.54) is 25.0 Å². The van der Waals surface area contributed by atoms with Crippen LogP contribution in [0.1, 0.15) is 58.9 Å². The number of aromatic hydroxyl groups is 1. The summed E-state index contributed by atoms with van der Waals surface area (Å²) in [5.74, 6) is -1.77. The van der Waals surface area contributed by atoms with E-state index < -0.39 is 11.8 Å². The lowest BCUT2D eigenvalue weighted by Gasteiger charge is -2.30. The van der Waals surface area contributed by atoms with Crippen LogP contribution in [0.2, 0.25) is 0 Å². The molecule has 1 fully saturated rings. The number of benzene rings is 2. The lowest BCUT2D eigenvalue weighted by Crippen LogP contribution is -2.32. The van der Waals surface area contributed by atoms with Crippen LogP contribution in [0.15, 0.2) is 42.5 Å². The van der Waals surface area contributed by atoms with Crippen molar-refractivity contribution in [3.05, 3.63) is 59.2 Å². The van der Waals surface area contributed by atoms with Gasteiger partial charge in [0.2, 0.25) is 0 Å². The number of aromatic carboxylic acids is 1. The van der Waals surface area contributed by atoms with Gasteiger partial charge in [-0.05, 0) is 38.0 Å². The average molecular weight is 353 g/mol. The van der Waals surface area contributed by atoms with Crippen molar-refractivity contribution in [1.82, 2.24) is 0 Å². The molecule has 1 aliphatic carbocycles. The first kappa shape index (κ1) is 18.0. The predicted molar refractivity (Wildman–Crippen MR) is 100 cm³/mol. The minimum absolute atomic E-state index is 0.0675. The van der Waals surface area contributed by atoms with Crippen molar-refractivity contribution in [3.63, 3.8) is 0 Å². The normalized spacial score (nSPS) is 14.3.